The van der Waals surface area contributed by atoms with Crippen molar-refractivity contribution >= 4 is 11.9 Å². The van der Waals surface area contributed by atoms with Gasteiger partial charge in [0.15, 0.2) is 0 Å². The van der Waals surface area contributed by atoms with Gasteiger partial charge < -0.3 is 15.8 Å². The van der Waals surface area contributed by atoms with Crippen LogP contribution in [0, 0.1) is 5.92 Å². The molecule has 0 aliphatic heterocycles. The zero-order valence-electron chi connectivity index (χ0n) is 12.1. The first-order chi connectivity index (χ1) is 8.15. The van der Waals surface area contributed by atoms with Gasteiger partial charge in [0, 0.05) is 12.0 Å². The highest BCUT2D eigenvalue weighted by Crippen LogP contribution is 2.09. The lowest BCUT2D eigenvalue weighted by Gasteiger charge is -2.21. The van der Waals surface area contributed by atoms with Crippen molar-refractivity contribution in [3.63, 3.8) is 0 Å². The van der Waals surface area contributed by atoms with E-state index in [4.69, 9.17) is 5.73 Å². The molecule has 0 heterocycles. The van der Waals surface area contributed by atoms with Gasteiger partial charge in [0.1, 0.15) is 6.04 Å². The standard InChI is InChI=1S/C13H26N2O3/c1-9(2)8-10(12(17)18-5)15-11(16)6-7-13(3,4)14/h9-10H,6-8,14H2,1-5H3,(H,15,16)/t10-/m0/s1. The van der Waals surface area contributed by atoms with Crippen molar-refractivity contribution in [3.8, 4) is 0 Å². The zero-order chi connectivity index (χ0) is 14.3. The van der Waals surface area contributed by atoms with Crippen molar-refractivity contribution in [1.29, 1.82) is 0 Å². The van der Waals surface area contributed by atoms with Gasteiger partial charge in [-0.3, -0.25) is 4.79 Å². The summed E-state index contributed by atoms with van der Waals surface area (Å²) in [5.41, 5.74) is 5.43. The monoisotopic (exact) mass is 258 g/mol. The Morgan fingerprint density at radius 3 is 2.28 bits per heavy atom. The Kier molecular flexibility index (Phi) is 6.91. The molecule has 5 heteroatoms. The smallest absolute Gasteiger partial charge is 0.328 e. The highest BCUT2D eigenvalue weighted by atomic mass is 16.5. The van der Waals surface area contributed by atoms with Crippen LogP contribution in [0.15, 0.2) is 0 Å². The Morgan fingerprint density at radius 2 is 1.89 bits per heavy atom. The number of amides is 1. The maximum absolute atomic E-state index is 11.7. The largest absolute Gasteiger partial charge is 0.467 e. The van der Waals surface area contributed by atoms with Crippen LogP contribution in [0.25, 0.3) is 0 Å². The summed E-state index contributed by atoms with van der Waals surface area (Å²) in [6.45, 7) is 7.72. The second-order valence-electron chi connectivity index (χ2n) is 5.76. The lowest BCUT2D eigenvalue weighted by Crippen LogP contribution is -2.43. The minimum Gasteiger partial charge on any atom is -0.467 e. The quantitative estimate of drug-likeness (QED) is 0.672. The molecular weight excluding hydrogens is 232 g/mol. The molecule has 0 aliphatic rings. The van der Waals surface area contributed by atoms with E-state index in [2.05, 4.69) is 10.1 Å². The predicted molar refractivity (Wildman–Crippen MR) is 70.9 cm³/mol. The third-order valence-corrected chi connectivity index (χ3v) is 2.52. The molecule has 106 valence electrons. The van der Waals surface area contributed by atoms with Gasteiger partial charge >= 0.3 is 5.97 Å². The van der Waals surface area contributed by atoms with E-state index in [0.29, 0.717) is 25.2 Å². The fourth-order valence-corrected chi connectivity index (χ4v) is 1.53. The van der Waals surface area contributed by atoms with Gasteiger partial charge in [-0.25, -0.2) is 4.79 Å². The number of esters is 1. The van der Waals surface area contributed by atoms with Crippen LogP contribution in [-0.2, 0) is 14.3 Å². The Balaban J connectivity index is 4.31. The molecule has 0 aliphatic carbocycles. The number of nitrogens with one attached hydrogen (secondary N) is 1. The zero-order valence-corrected chi connectivity index (χ0v) is 12.1. The van der Waals surface area contributed by atoms with Crippen molar-refractivity contribution < 1.29 is 14.3 Å². The van der Waals surface area contributed by atoms with Gasteiger partial charge in [-0.1, -0.05) is 13.8 Å². The van der Waals surface area contributed by atoms with E-state index < -0.39 is 12.0 Å². The number of rotatable bonds is 7. The highest BCUT2D eigenvalue weighted by Gasteiger charge is 2.23. The van der Waals surface area contributed by atoms with Crippen molar-refractivity contribution in [1.82, 2.24) is 5.32 Å². The minimum atomic E-state index is -0.566. The van der Waals surface area contributed by atoms with Crippen molar-refractivity contribution in [3.05, 3.63) is 0 Å². The van der Waals surface area contributed by atoms with E-state index in [0.717, 1.165) is 0 Å². The Morgan fingerprint density at radius 1 is 1.33 bits per heavy atom. The second-order valence-corrected chi connectivity index (χ2v) is 5.76. The lowest BCUT2D eigenvalue weighted by atomic mass is 9.99. The molecule has 0 aromatic heterocycles. The van der Waals surface area contributed by atoms with Gasteiger partial charge in [-0.05, 0) is 32.6 Å². The fraction of sp³-hybridized carbons (Fsp3) is 0.846. The molecule has 0 saturated carbocycles. The van der Waals surface area contributed by atoms with Crippen LogP contribution >= 0.6 is 0 Å². The summed E-state index contributed by atoms with van der Waals surface area (Å²) in [7, 11) is 1.32. The van der Waals surface area contributed by atoms with E-state index >= 15 is 0 Å². The van der Waals surface area contributed by atoms with E-state index in [9.17, 15) is 9.59 Å². The summed E-state index contributed by atoms with van der Waals surface area (Å²) in [5, 5.41) is 2.70. The summed E-state index contributed by atoms with van der Waals surface area (Å²) in [4.78, 5) is 23.3. The molecule has 0 aromatic rings. The number of hydrogen-bond acceptors (Lipinski definition) is 4. The van der Waals surface area contributed by atoms with Crippen LogP contribution in [-0.4, -0.2) is 30.6 Å². The Hall–Kier alpha value is -1.10. The van der Waals surface area contributed by atoms with E-state index in [1.807, 2.05) is 27.7 Å². The molecule has 1 atom stereocenters. The average molecular weight is 258 g/mol. The normalized spacial score (nSPS) is 13.3. The number of carbonyl (C=O) groups excluding carboxylic acids is 2. The summed E-state index contributed by atoms with van der Waals surface area (Å²) in [5.74, 6) is -0.256. The van der Waals surface area contributed by atoms with Gasteiger partial charge in [0.05, 0.1) is 7.11 Å². The second kappa shape index (κ2) is 7.36. The summed E-state index contributed by atoms with van der Waals surface area (Å²) in [6.07, 6.45) is 1.47. The number of ether oxygens (including phenoxy) is 1. The number of hydrogen-bond donors (Lipinski definition) is 2. The van der Waals surface area contributed by atoms with Crippen LogP contribution in [0.3, 0.4) is 0 Å². The van der Waals surface area contributed by atoms with Gasteiger partial charge in [-0.2, -0.15) is 0 Å². The van der Waals surface area contributed by atoms with Crippen molar-refractivity contribution in [2.45, 2.75) is 58.5 Å². The van der Waals surface area contributed by atoms with Gasteiger partial charge in [-0.15, -0.1) is 0 Å². The number of nitrogens with two attached hydrogens (primary N) is 1. The maximum atomic E-state index is 11.7. The molecule has 5 nitrogen and oxygen atoms in total. The molecule has 1 amide bonds. The maximum Gasteiger partial charge on any atom is 0.328 e. The molecule has 0 fully saturated rings. The van der Waals surface area contributed by atoms with Crippen LogP contribution in [0.4, 0.5) is 0 Å². The Bertz CT molecular complexity index is 282. The summed E-state index contributed by atoms with van der Waals surface area (Å²) in [6, 6.07) is -0.566. The minimum absolute atomic E-state index is 0.162. The third kappa shape index (κ3) is 8.06. The van der Waals surface area contributed by atoms with Crippen molar-refractivity contribution in [2.75, 3.05) is 7.11 Å². The topological polar surface area (TPSA) is 81.4 Å². The lowest BCUT2D eigenvalue weighted by molar-refractivity contribution is -0.145. The molecule has 0 radical (unpaired) electrons. The van der Waals surface area contributed by atoms with Crippen LogP contribution < -0.4 is 11.1 Å². The molecule has 0 rings (SSSR count). The van der Waals surface area contributed by atoms with Crippen LogP contribution in [0.1, 0.15) is 47.0 Å². The Labute approximate surface area is 109 Å². The highest BCUT2D eigenvalue weighted by molar-refractivity contribution is 5.84. The van der Waals surface area contributed by atoms with Crippen molar-refractivity contribution in [2.24, 2.45) is 11.7 Å². The third-order valence-electron chi connectivity index (χ3n) is 2.52. The van der Waals surface area contributed by atoms with E-state index in [-0.39, 0.29) is 11.4 Å². The first-order valence-corrected chi connectivity index (χ1v) is 6.31. The summed E-state index contributed by atoms with van der Waals surface area (Å²) >= 11 is 0. The first-order valence-electron chi connectivity index (χ1n) is 6.31. The molecule has 0 spiro atoms. The molecule has 0 aromatic carbocycles. The molecular formula is C13H26N2O3. The molecule has 3 N–H and O–H groups in total. The van der Waals surface area contributed by atoms with Crippen LogP contribution in [0.5, 0.6) is 0 Å². The predicted octanol–water partition coefficient (Wildman–Crippen LogP) is 1.21. The SMILES string of the molecule is COC(=O)[C@H](CC(C)C)NC(=O)CCC(C)(C)N. The fourth-order valence-electron chi connectivity index (χ4n) is 1.53. The average Bonchev–Trinajstić information content (AvgIpc) is 2.22. The van der Waals surface area contributed by atoms with Gasteiger partial charge in [0.2, 0.25) is 5.91 Å². The molecule has 0 unspecified atom stereocenters. The first kappa shape index (κ1) is 16.9. The van der Waals surface area contributed by atoms with Crippen LogP contribution in [0.2, 0.25) is 0 Å². The van der Waals surface area contributed by atoms with E-state index in [1.165, 1.54) is 7.11 Å². The molecule has 0 saturated heterocycles. The van der Waals surface area contributed by atoms with Gasteiger partial charge in [0.25, 0.3) is 0 Å². The molecule has 0 bridgehead atoms. The number of carbonyl (C=O) groups is 2. The molecule has 18 heavy (non-hydrogen) atoms. The summed E-state index contributed by atoms with van der Waals surface area (Å²) < 4.78 is 4.68. The van der Waals surface area contributed by atoms with E-state index in [1.54, 1.807) is 0 Å². The number of methoxy groups -OCH3 is 1.